The van der Waals surface area contributed by atoms with Crippen molar-refractivity contribution in [1.82, 2.24) is 10.2 Å². The smallest absolute Gasteiger partial charge is 0.231 e. The molecule has 94 valence electrons. The number of H-pyrrole nitrogens is 1. The number of nitrogens with one attached hydrogen (secondary N) is 1. The van der Waals surface area contributed by atoms with Crippen LogP contribution in [0.1, 0.15) is 0 Å². The molecule has 7 heteroatoms. The Labute approximate surface area is 111 Å². The largest absolute Gasteiger partial charge is 0.495 e. The Hall–Kier alpha value is -1.89. The molecule has 0 amide bonds. The van der Waals surface area contributed by atoms with Crippen molar-refractivity contribution < 1.29 is 14.2 Å². The van der Waals surface area contributed by atoms with Crippen LogP contribution in [0.3, 0.4) is 0 Å². The van der Waals surface area contributed by atoms with Gasteiger partial charge in [0.25, 0.3) is 0 Å². The summed E-state index contributed by atoms with van der Waals surface area (Å²) >= 11 is 3.45. The van der Waals surface area contributed by atoms with Gasteiger partial charge >= 0.3 is 0 Å². The van der Waals surface area contributed by atoms with Gasteiger partial charge in [-0.25, -0.2) is 0 Å². The maximum Gasteiger partial charge on any atom is 0.231 e. The number of nitrogen functional groups attached to an aromatic ring is 1. The van der Waals surface area contributed by atoms with E-state index in [-0.39, 0.29) is 6.79 Å². The average Bonchev–Trinajstić information content (AvgIpc) is 2.97. The third-order valence-electron chi connectivity index (χ3n) is 2.72. The normalized spacial score (nSPS) is 12.8. The number of hydrogen-bond donors (Lipinski definition) is 2. The first-order valence-electron chi connectivity index (χ1n) is 5.17. The maximum absolute atomic E-state index is 5.83. The summed E-state index contributed by atoms with van der Waals surface area (Å²) in [4.78, 5) is 0. The van der Waals surface area contributed by atoms with Crippen molar-refractivity contribution >= 4 is 21.7 Å². The molecule has 1 aromatic carbocycles. The van der Waals surface area contributed by atoms with E-state index >= 15 is 0 Å². The van der Waals surface area contributed by atoms with E-state index in [9.17, 15) is 0 Å². The van der Waals surface area contributed by atoms with Gasteiger partial charge in [-0.3, -0.25) is 5.10 Å². The summed E-state index contributed by atoms with van der Waals surface area (Å²) in [6.45, 7) is 0.196. The lowest BCUT2D eigenvalue weighted by Gasteiger charge is -2.11. The first-order valence-corrected chi connectivity index (χ1v) is 5.97. The van der Waals surface area contributed by atoms with Crippen LogP contribution in [0.4, 0.5) is 5.82 Å². The molecule has 6 nitrogen and oxygen atoms in total. The highest BCUT2D eigenvalue weighted by Crippen LogP contribution is 2.50. The molecule has 2 heterocycles. The van der Waals surface area contributed by atoms with Gasteiger partial charge in [0.2, 0.25) is 6.79 Å². The van der Waals surface area contributed by atoms with Gasteiger partial charge in [0.1, 0.15) is 16.0 Å². The lowest BCUT2D eigenvalue weighted by atomic mass is 10.1. The van der Waals surface area contributed by atoms with E-state index in [2.05, 4.69) is 26.1 Å². The number of fused-ring (bicyclic) bond motifs is 1. The van der Waals surface area contributed by atoms with Crippen molar-refractivity contribution in [3.63, 3.8) is 0 Å². The first kappa shape index (κ1) is 11.2. The monoisotopic (exact) mass is 311 g/mol. The van der Waals surface area contributed by atoms with Crippen LogP contribution in [-0.2, 0) is 0 Å². The SMILES string of the molecule is COc1c(-c2cn[nH]c2N)cc2c(c1Br)OCO2. The fourth-order valence-corrected chi connectivity index (χ4v) is 2.58. The molecule has 1 aliphatic heterocycles. The van der Waals surface area contributed by atoms with Gasteiger partial charge in [-0.1, -0.05) is 0 Å². The van der Waals surface area contributed by atoms with E-state index in [0.29, 0.717) is 27.5 Å². The molecular formula is C11H10BrN3O3. The lowest BCUT2D eigenvalue weighted by Crippen LogP contribution is -1.93. The van der Waals surface area contributed by atoms with Gasteiger partial charge in [0.15, 0.2) is 11.5 Å². The zero-order valence-electron chi connectivity index (χ0n) is 9.49. The summed E-state index contributed by atoms with van der Waals surface area (Å²) in [7, 11) is 1.59. The molecule has 2 aromatic rings. The number of nitrogens with two attached hydrogens (primary N) is 1. The Balaban J connectivity index is 2.27. The molecule has 0 spiro atoms. The summed E-state index contributed by atoms with van der Waals surface area (Å²) in [5.74, 6) is 2.39. The second-order valence-electron chi connectivity index (χ2n) is 3.70. The summed E-state index contributed by atoms with van der Waals surface area (Å²) in [6.07, 6.45) is 1.64. The Morgan fingerprint density at radius 2 is 2.28 bits per heavy atom. The molecule has 0 saturated heterocycles. The Bertz CT molecular complexity index is 612. The second-order valence-corrected chi connectivity index (χ2v) is 4.50. The fraction of sp³-hybridized carbons (Fsp3) is 0.182. The highest BCUT2D eigenvalue weighted by Gasteiger charge is 2.25. The minimum Gasteiger partial charge on any atom is -0.495 e. The van der Waals surface area contributed by atoms with Crippen molar-refractivity contribution in [2.75, 3.05) is 19.6 Å². The van der Waals surface area contributed by atoms with E-state index in [4.69, 9.17) is 19.9 Å². The van der Waals surface area contributed by atoms with Crippen molar-refractivity contribution in [3.05, 3.63) is 16.7 Å². The van der Waals surface area contributed by atoms with Crippen molar-refractivity contribution in [2.24, 2.45) is 0 Å². The summed E-state index contributed by atoms with van der Waals surface area (Å²) in [5, 5.41) is 6.59. The molecule has 0 radical (unpaired) electrons. The molecular weight excluding hydrogens is 302 g/mol. The molecule has 0 atom stereocenters. The summed E-state index contributed by atoms with van der Waals surface area (Å²) < 4.78 is 16.9. The maximum atomic E-state index is 5.83. The van der Waals surface area contributed by atoms with Crippen LogP contribution in [0.15, 0.2) is 16.7 Å². The molecule has 18 heavy (non-hydrogen) atoms. The molecule has 0 unspecified atom stereocenters. The van der Waals surface area contributed by atoms with Crippen LogP contribution in [-0.4, -0.2) is 24.1 Å². The van der Waals surface area contributed by atoms with Gasteiger partial charge in [-0.15, -0.1) is 0 Å². The summed E-state index contributed by atoms with van der Waals surface area (Å²) in [5.41, 5.74) is 7.38. The van der Waals surface area contributed by atoms with Crippen molar-refractivity contribution in [3.8, 4) is 28.4 Å². The fourth-order valence-electron chi connectivity index (χ4n) is 1.90. The minimum atomic E-state index is 0.196. The molecule has 0 fully saturated rings. The minimum absolute atomic E-state index is 0.196. The lowest BCUT2D eigenvalue weighted by molar-refractivity contribution is 0.173. The highest BCUT2D eigenvalue weighted by molar-refractivity contribution is 9.10. The van der Waals surface area contributed by atoms with Gasteiger partial charge in [-0.05, 0) is 22.0 Å². The zero-order valence-corrected chi connectivity index (χ0v) is 11.1. The van der Waals surface area contributed by atoms with E-state index in [1.54, 1.807) is 13.3 Å². The predicted molar refractivity (Wildman–Crippen MR) is 68.8 cm³/mol. The standard InChI is InChI=1S/C11H10BrN3O3/c1-16-9-5(6-3-14-15-11(6)13)2-7-10(8(9)12)18-4-17-7/h2-3H,4H2,1H3,(H3,13,14,15). The summed E-state index contributed by atoms with van der Waals surface area (Å²) in [6, 6.07) is 1.83. The van der Waals surface area contributed by atoms with Crippen molar-refractivity contribution in [2.45, 2.75) is 0 Å². The van der Waals surface area contributed by atoms with Gasteiger partial charge in [0, 0.05) is 11.1 Å². The number of aromatic nitrogens is 2. The number of halogens is 1. The van der Waals surface area contributed by atoms with Crippen LogP contribution in [0, 0.1) is 0 Å². The van der Waals surface area contributed by atoms with E-state index in [0.717, 1.165) is 11.1 Å². The third-order valence-corrected chi connectivity index (χ3v) is 3.44. The van der Waals surface area contributed by atoms with Crippen LogP contribution in [0.2, 0.25) is 0 Å². The third kappa shape index (κ3) is 1.51. The number of ether oxygens (including phenoxy) is 3. The number of anilines is 1. The van der Waals surface area contributed by atoms with E-state index < -0.39 is 0 Å². The molecule has 0 saturated carbocycles. The molecule has 0 bridgehead atoms. The molecule has 1 aliphatic rings. The van der Waals surface area contributed by atoms with Crippen LogP contribution in [0.5, 0.6) is 17.2 Å². The van der Waals surface area contributed by atoms with Gasteiger partial charge < -0.3 is 19.9 Å². The Kier molecular flexibility index (Phi) is 2.55. The second kappa shape index (κ2) is 4.09. The van der Waals surface area contributed by atoms with E-state index in [1.807, 2.05) is 6.07 Å². The Morgan fingerprint density at radius 3 is 2.94 bits per heavy atom. The number of hydrogen-bond acceptors (Lipinski definition) is 5. The number of aromatic amines is 1. The predicted octanol–water partition coefficient (Wildman–Crippen LogP) is 2.16. The van der Waals surface area contributed by atoms with Crippen molar-refractivity contribution in [1.29, 1.82) is 0 Å². The molecule has 3 rings (SSSR count). The zero-order chi connectivity index (χ0) is 12.7. The number of rotatable bonds is 2. The van der Waals surface area contributed by atoms with Crippen LogP contribution >= 0.6 is 15.9 Å². The molecule has 1 aromatic heterocycles. The quantitative estimate of drug-likeness (QED) is 0.888. The first-order chi connectivity index (χ1) is 8.72. The van der Waals surface area contributed by atoms with Crippen LogP contribution in [0.25, 0.3) is 11.1 Å². The topological polar surface area (TPSA) is 82.4 Å². The highest BCUT2D eigenvalue weighted by atomic mass is 79.9. The van der Waals surface area contributed by atoms with Crippen LogP contribution < -0.4 is 19.9 Å². The molecule has 3 N–H and O–H groups in total. The number of methoxy groups -OCH3 is 1. The van der Waals surface area contributed by atoms with Gasteiger partial charge in [-0.2, -0.15) is 5.10 Å². The Morgan fingerprint density at radius 1 is 1.44 bits per heavy atom. The average molecular weight is 312 g/mol. The molecule has 0 aliphatic carbocycles. The van der Waals surface area contributed by atoms with E-state index in [1.165, 1.54) is 0 Å². The number of benzene rings is 1. The number of nitrogens with zero attached hydrogens (tertiary/aromatic N) is 1. The van der Waals surface area contributed by atoms with Gasteiger partial charge in [0.05, 0.1) is 13.3 Å².